The Bertz CT molecular complexity index is 933. The first-order valence-corrected chi connectivity index (χ1v) is 24.2. The highest BCUT2D eigenvalue weighted by atomic mass is 16.6. The van der Waals surface area contributed by atoms with Gasteiger partial charge in [-0.3, -0.25) is 15.3 Å². The Morgan fingerprint density at radius 1 is 0.579 bits per heavy atom. The van der Waals surface area contributed by atoms with Crippen LogP contribution in [0.5, 0.6) is 0 Å². The third kappa shape index (κ3) is 40.2. The first-order valence-electron chi connectivity index (χ1n) is 24.2. The number of esters is 2. The fourth-order valence-electron chi connectivity index (χ4n) is 7.37. The first-order chi connectivity index (χ1) is 27.8. The lowest BCUT2D eigenvalue weighted by atomic mass is 10.0. The van der Waals surface area contributed by atoms with E-state index in [1.807, 2.05) is 0 Å². The molecule has 0 saturated carbocycles. The maximum atomic E-state index is 12.8. The van der Waals surface area contributed by atoms with Crippen LogP contribution in [0.1, 0.15) is 239 Å². The molecule has 57 heavy (non-hydrogen) atoms. The molecule has 10 nitrogen and oxygen atoms in total. The highest BCUT2D eigenvalue weighted by Crippen LogP contribution is 2.19. The minimum Gasteiger partial charge on any atom is -0.466 e. The minimum absolute atomic E-state index is 0.00898. The summed E-state index contributed by atoms with van der Waals surface area (Å²) in [6, 6.07) is 0. The largest absolute Gasteiger partial charge is 0.466 e. The first kappa shape index (κ1) is 54.6. The third-order valence-electron chi connectivity index (χ3n) is 11.0. The summed E-state index contributed by atoms with van der Waals surface area (Å²) in [6.07, 6.45) is 39.7. The summed E-state index contributed by atoms with van der Waals surface area (Å²) >= 11 is 0. The van der Waals surface area contributed by atoms with Crippen molar-refractivity contribution in [1.29, 1.82) is 0 Å². The number of nitrogens with one attached hydrogen (secondary N) is 1. The molecule has 0 heterocycles. The maximum absolute atomic E-state index is 12.8. The van der Waals surface area contributed by atoms with Crippen molar-refractivity contribution in [3.05, 3.63) is 22.1 Å². The predicted molar refractivity (Wildman–Crippen MR) is 239 cm³/mol. The Morgan fingerprint density at radius 3 is 1.47 bits per heavy atom. The van der Waals surface area contributed by atoms with E-state index in [-0.39, 0.29) is 23.9 Å². The second-order valence-corrected chi connectivity index (χ2v) is 16.6. The predicted octanol–water partition coefficient (Wildman–Crippen LogP) is 12.7. The van der Waals surface area contributed by atoms with Gasteiger partial charge in [0.15, 0.2) is 0 Å². The van der Waals surface area contributed by atoms with Gasteiger partial charge in [0.25, 0.3) is 0 Å². The number of carbonyl (C=O) groups excluding carboxylic acids is 2. The van der Waals surface area contributed by atoms with Gasteiger partial charge >= 0.3 is 17.8 Å². The number of hydrogen-bond donors (Lipinski definition) is 2. The van der Waals surface area contributed by atoms with Crippen molar-refractivity contribution in [2.24, 2.45) is 5.73 Å². The van der Waals surface area contributed by atoms with Crippen LogP contribution in [-0.4, -0.2) is 60.7 Å². The Morgan fingerprint density at radius 2 is 0.982 bits per heavy atom. The summed E-state index contributed by atoms with van der Waals surface area (Å²) in [5, 5.41) is 13.7. The highest BCUT2D eigenvalue weighted by molar-refractivity contribution is 5.69. The quantitative estimate of drug-likeness (QED) is 0.0266. The molecule has 0 bridgehead atoms. The van der Waals surface area contributed by atoms with Crippen molar-refractivity contribution in [1.82, 2.24) is 10.2 Å². The molecular weight excluding hydrogens is 717 g/mol. The van der Waals surface area contributed by atoms with Gasteiger partial charge in [0, 0.05) is 19.4 Å². The lowest BCUT2D eigenvalue weighted by Gasteiger charge is -2.22. The lowest BCUT2D eigenvalue weighted by Crippen LogP contribution is -2.29. The number of carbonyl (C=O) groups is 2. The molecule has 0 amide bonds. The summed E-state index contributed by atoms with van der Waals surface area (Å²) in [6.45, 7) is 10.9. The van der Waals surface area contributed by atoms with E-state index in [1.54, 1.807) is 0 Å². The second-order valence-electron chi connectivity index (χ2n) is 16.6. The highest BCUT2D eigenvalue weighted by Gasteiger charge is 2.14. The van der Waals surface area contributed by atoms with Crippen molar-refractivity contribution in [2.45, 2.75) is 245 Å². The second kappa shape index (κ2) is 43.2. The Balaban J connectivity index is 4.41. The zero-order valence-corrected chi connectivity index (χ0v) is 37.7. The van der Waals surface area contributed by atoms with E-state index >= 15 is 0 Å². The Labute approximate surface area is 351 Å². The maximum Gasteiger partial charge on any atom is 0.329 e. The van der Waals surface area contributed by atoms with Gasteiger partial charge in [-0.25, -0.2) is 0 Å². The van der Waals surface area contributed by atoms with E-state index in [0.717, 1.165) is 129 Å². The average Bonchev–Trinajstić information content (AvgIpc) is 3.19. The molecule has 0 spiro atoms. The number of unbranched alkanes of at least 4 members (excludes halogenated alkanes) is 24. The normalized spacial score (nSPS) is 11.8. The number of nitrogens with two attached hydrogens (primary N) is 1. The van der Waals surface area contributed by atoms with Gasteiger partial charge in [-0.05, 0) is 88.8 Å². The van der Waals surface area contributed by atoms with Crippen LogP contribution in [0.4, 0.5) is 0 Å². The summed E-state index contributed by atoms with van der Waals surface area (Å²) < 4.78 is 11.5. The topological polar surface area (TPSA) is 137 Å². The van der Waals surface area contributed by atoms with Crippen molar-refractivity contribution < 1.29 is 24.0 Å². The number of ether oxygens (including phenoxy) is 2. The van der Waals surface area contributed by atoms with Crippen LogP contribution >= 0.6 is 0 Å². The molecule has 0 aromatic rings. The Kier molecular flexibility index (Phi) is 41.4. The van der Waals surface area contributed by atoms with E-state index in [9.17, 15) is 19.7 Å². The van der Waals surface area contributed by atoms with Gasteiger partial charge in [0.1, 0.15) is 6.10 Å². The standard InChI is InChI=1S/C47H92N4O6/c1-4-7-10-13-16-25-32-42-56-46(52)36-28-21-17-23-30-39-50(41-33-38-49-43-45(48)51(54)55)40-31-24-18-22-29-37-47(53)57-44(34-26-19-14-11-8-5-2)35-27-20-15-12-9-6-3/h43-44,49H,4-42,48H2,1-3H3. The number of nitrogens with zero attached hydrogens (tertiary/aromatic N) is 2. The van der Waals surface area contributed by atoms with Gasteiger partial charge in [-0.2, -0.15) is 0 Å². The molecule has 0 fully saturated rings. The van der Waals surface area contributed by atoms with Crippen LogP contribution in [-0.2, 0) is 19.1 Å². The molecule has 0 saturated heterocycles. The lowest BCUT2D eigenvalue weighted by molar-refractivity contribution is -0.426. The van der Waals surface area contributed by atoms with Crippen molar-refractivity contribution >= 4 is 11.9 Å². The summed E-state index contributed by atoms with van der Waals surface area (Å²) in [7, 11) is 0. The van der Waals surface area contributed by atoms with E-state index < -0.39 is 4.92 Å². The van der Waals surface area contributed by atoms with Gasteiger partial charge in [-0.1, -0.05) is 162 Å². The molecule has 0 aliphatic heterocycles. The minimum atomic E-state index is -0.590. The summed E-state index contributed by atoms with van der Waals surface area (Å²) in [5.74, 6) is -0.435. The summed E-state index contributed by atoms with van der Waals surface area (Å²) in [4.78, 5) is 37.6. The smallest absolute Gasteiger partial charge is 0.329 e. The van der Waals surface area contributed by atoms with E-state index in [1.165, 1.54) is 103 Å². The van der Waals surface area contributed by atoms with Crippen LogP contribution in [0.15, 0.2) is 12.0 Å². The van der Waals surface area contributed by atoms with E-state index in [2.05, 4.69) is 31.0 Å². The van der Waals surface area contributed by atoms with Crippen LogP contribution in [0.3, 0.4) is 0 Å². The van der Waals surface area contributed by atoms with E-state index in [4.69, 9.17) is 15.2 Å². The number of rotatable bonds is 45. The van der Waals surface area contributed by atoms with Crippen molar-refractivity contribution in [3.8, 4) is 0 Å². The molecule has 10 heteroatoms. The fraction of sp³-hybridized carbons (Fsp3) is 0.915. The van der Waals surface area contributed by atoms with Gasteiger partial charge < -0.3 is 29.8 Å². The van der Waals surface area contributed by atoms with Crippen molar-refractivity contribution in [3.63, 3.8) is 0 Å². The average molecular weight is 809 g/mol. The number of nitro groups is 1. The van der Waals surface area contributed by atoms with Crippen LogP contribution < -0.4 is 11.1 Å². The Hall–Kier alpha value is -2.36. The molecule has 0 atom stereocenters. The molecule has 0 unspecified atom stereocenters. The molecule has 3 N–H and O–H groups in total. The molecular formula is C47H92N4O6. The SMILES string of the molecule is CCCCCCCCCOC(=O)CCCCCCCN(CCCCCCCC(=O)OC(CCCCCCCC)CCCCCCCC)CCCNC=C(N)[N+](=O)[O-]. The number of hydrogen-bond acceptors (Lipinski definition) is 9. The summed E-state index contributed by atoms with van der Waals surface area (Å²) in [5.41, 5.74) is 5.40. The molecule has 0 aliphatic carbocycles. The zero-order valence-electron chi connectivity index (χ0n) is 37.7. The molecule has 0 aromatic heterocycles. The van der Waals surface area contributed by atoms with Gasteiger partial charge in [0.05, 0.1) is 12.8 Å². The van der Waals surface area contributed by atoms with Gasteiger partial charge in [-0.15, -0.1) is 0 Å². The molecule has 0 aromatic carbocycles. The van der Waals surface area contributed by atoms with E-state index in [0.29, 0.717) is 26.0 Å². The van der Waals surface area contributed by atoms with Gasteiger partial charge in [0.2, 0.25) is 0 Å². The third-order valence-corrected chi connectivity index (χ3v) is 11.0. The zero-order chi connectivity index (χ0) is 41.9. The molecule has 0 radical (unpaired) electrons. The van der Waals surface area contributed by atoms with Crippen LogP contribution in [0.2, 0.25) is 0 Å². The van der Waals surface area contributed by atoms with Crippen LogP contribution in [0.25, 0.3) is 0 Å². The molecule has 0 rings (SSSR count). The fourth-order valence-corrected chi connectivity index (χ4v) is 7.37. The molecule has 0 aliphatic rings. The monoisotopic (exact) mass is 809 g/mol. The van der Waals surface area contributed by atoms with Crippen molar-refractivity contribution in [2.75, 3.05) is 32.8 Å². The molecule has 336 valence electrons. The van der Waals surface area contributed by atoms with Crippen LogP contribution in [0, 0.1) is 10.1 Å².